The molecular formula is C90H62. The largest absolute Gasteiger partial charge is 0.0622 e. The number of fused-ring (bicyclic) bond motifs is 11. The van der Waals surface area contributed by atoms with E-state index in [-0.39, 0.29) is 10.8 Å². The lowest BCUT2D eigenvalue weighted by Gasteiger charge is -2.24. The van der Waals surface area contributed by atoms with Gasteiger partial charge in [0.15, 0.2) is 0 Å². The van der Waals surface area contributed by atoms with E-state index in [4.69, 9.17) is 0 Å². The zero-order chi connectivity index (χ0) is 60.0. The van der Waals surface area contributed by atoms with Gasteiger partial charge >= 0.3 is 0 Å². The highest BCUT2D eigenvalue weighted by Gasteiger charge is 2.38. The maximum atomic E-state index is 2.47. The van der Waals surface area contributed by atoms with Crippen LogP contribution in [0.4, 0.5) is 0 Å². The zero-order valence-electron chi connectivity index (χ0n) is 50.9. The summed E-state index contributed by atoms with van der Waals surface area (Å²) < 4.78 is 0. The fourth-order valence-corrected chi connectivity index (χ4v) is 15.9. The van der Waals surface area contributed by atoms with Crippen LogP contribution >= 0.6 is 0 Å². The predicted octanol–water partition coefficient (Wildman–Crippen LogP) is 24.7. The van der Waals surface area contributed by atoms with Crippen molar-refractivity contribution in [1.29, 1.82) is 0 Å². The Kier molecular flexibility index (Phi) is 11.5. The highest BCUT2D eigenvalue weighted by molar-refractivity contribution is 6.27. The minimum absolute atomic E-state index is 0.149. The average molecular weight is 1140 g/mol. The Hall–Kier alpha value is -10.9. The third-order valence-electron chi connectivity index (χ3n) is 20.7. The van der Waals surface area contributed by atoms with Gasteiger partial charge in [0.05, 0.1) is 0 Å². The molecule has 3 aliphatic rings. The molecule has 0 nitrogen and oxygen atoms in total. The molecule has 0 saturated carbocycles. The van der Waals surface area contributed by atoms with Crippen LogP contribution in [0.5, 0.6) is 0 Å². The van der Waals surface area contributed by atoms with Crippen molar-refractivity contribution in [2.24, 2.45) is 0 Å². The molecule has 0 aliphatic heterocycles. The molecule has 15 aromatic carbocycles. The van der Waals surface area contributed by atoms with E-state index >= 15 is 0 Å². The number of hydrogen-bond donors (Lipinski definition) is 0. The van der Waals surface area contributed by atoms with E-state index < -0.39 is 0 Å². The van der Waals surface area contributed by atoms with Gasteiger partial charge in [-0.2, -0.15) is 0 Å². The van der Waals surface area contributed by atoms with Crippen molar-refractivity contribution < 1.29 is 0 Å². The van der Waals surface area contributed by atoms with Gasteiger partial charge in [-0.3, -0.25) is 0 Å². The van der Waals surface area contributed by atoms with E-state index in [1.807, 2.05) is 0 Å². The van der Waals surface area contributed by atoms with Gasteiger partial charge in [-0.05, 0) is 218 Å². The van der Waals surface area contributed by atoms with Gasteiger partial charge in [0, 0.05) is 10.8 Å². The van der Waals surface area contributed by atoms with E-state index in [1.165, 1.54) is 188 Å². The van der Waals surface area contributed by atoms with Gasteiger partial charge in [-0.25, -0.2) is 0 Å². The minimum Gasteiger partial charge on any atom is -0.0622 e. The fourth-order valence-electron chi connectivity index (χ4n) is 15.9. The lowest BCUT2D eigenvalue weighted by atomic mass is 9.79. The topological polar surface area (TPSA) is 0 Å². The lowest BCUT2D eigenvalue weighted by Crippen LogP contribution is -2.15. The summed E-state index contributed by atoms with van der Waals surface area (Å²) in [6.45, 7) is 9.61. The molecule has 90 heavy (non-hydrogen) atoms. The van der Waals surface area contributed by atoms with E-state index in [9.17, 15) is 0 Å². The SMILES string of the molecule is CC1(C)c2cc(-c3ccc(-c4ccc(-c5ccc(-c6c7c(c(-c8ccccc8)c8ccccc68)-c6cccc8cccc-7c68)cc5)cc4)cc3)ccc2-c2ccc(-c3ccc4c(c3)C(C)(C)c3cc(-c5ccc(-c6ccc7ccccc7c6)cc5)ccc3-4)cc21. The van der Waals surface area contributed by atoms with Gasteiger partial charge in [0.25, 0.3) is 0 Å². The van der Waals surface area contributed by atoms with Gasteiger partial charge in [-0.15, -0.1) is 0 Å². The summed E-state index contributed by atoms with van der Waals surface area (Å²) in [4.78, 5) is 0. The third kappa shape index (κ3) is 8.01. The Morgan fingerprint density at radius 2 is 0.467 bits per heavy atom. The highest BCUT2D eigenvalue weighted by atomic mass is 14.4. The molecule has 0 heterocycles. The first-order valence-electron chi connectivity index (χ1n) is 31.8. The number of hydrogen-bond acceptors (Lipinski definition) is 0. The third-order valence-corrected chi connectivity index (χ3v) is 20.7. The Morgan fingerprint density at radius 1 is 0.178 bits per heavy atom. The van der Waals surface area contributed by atoms with Gasteiger partial charge in [0.2, 0.25) is 0 Å². The summed E-state index contributed by atoms with van der Waals surface area (Å²) in [5, 5.41) is 7.72. The molecule has 0 unspecified atom stereocenters. The van der Waals surface area contributed by atoms with Crippen LogP contribution in [0.1, 0.15) is 49.9 Å². The van der Waals surface area contributed by atoms with E-state index in [0.29, 0.717) is 0 Å². The summed E-state index contributed by atoms with van der Waals surface area (Å²) in [5.74, 6) is 0. The number of rotatable bonds is 8. The number of benzene rings is 15. The molecule has 3 aliphatic carbocycles. The normalized spacial score (nSPS) is 13.5. The van der Waals surface area contributed by atoms with Crippen LogP contribution < -0.4 is 0 Å². The van der Waals surface area contributed by atoms with Crippen molar-refractivity contribution in [2.45, 2.75) is 38.5 Å². The van der Waals surface area contributed by atoms with Crippen LogP contribution in [0.3, 0.4) is 0 Å². The summed E-state index contributed by atoms with van der Waals surface area (Å²) in [6.07, 6.45) is 0. The van der Waals surface area contributed by atoms with Crippen molar-refractivity contribution in [3.63, 3.8) is 0 Å². The smallest absolute Gasteiger partial charge is 0.0159 e. The Morgan fingerprint density at radius 3 is 0.878 bits per heavy atom. The monoisotopic (exact) mass is 1140 g/mol. The standard InChI is InChI=1S/C90H62/c1-89(2)80-51-68(42-46-72(80)74-48-44-70(53-82(74)89)71-45-49-75-73-47-43-69(52-81(73)90(3,4)83(75)54-71)62-34-32-60(33-35-62)67-41-38-55-14-8-9-17-66(55)50-67)61-30-28-58(29-31-61)56-24-26-57(27-25-56)59-36-39-65(40-37-59)86-77-21-11-10-20-76(77)85(64-15-6-5-7-16-64)87-78-22-12-18-63-19-13-23-79(84(63)78)88(86)87/h5-54H,1-4H3. The first-order valence-corrected chi connectivity index (χ1v) is 31.8. The van der Waals surface area contributed by atoms with Gasteiger partial charge in [0.1, 0.15) is 0 Å². The van der Waals surface area contributed by atoms with Crippen LogP contribution in [0.25, 0.3) is 166 Å². The molecule has 0 N–H and O–H groups in total. The second-order valence-electron chi connectivity index (χ2n) is 26.3. The lowest BCUT2D eigenvalue weighted by molar-refractivity contribution is 0.660. The molecule has 0 saturated heterocycles. The van der Waals surface area contributed by atoms with Crippen molar-refractivity contribution in [3.8, 4) is 134 Å². The molecule has 0 spiro atoms. The van der Waals surface area contributed by atoms with Crippen molar-refractivity contribution in [3.05, 3.63) is 326 Å². The maximum Gasteiger partial charge on any atom is 0.0159 e. The molecule has 0 atom stereocenters. The molecular weight excluding hydrogens is 1080 g/mol. The molecule has 0 radical (unpaired) electrons. The molecule has 0 aromatic heterocycles. The van der Waals surface area contributed by atoms with Crippen molar-refractivity contribution in [2.75, 3.05) is 0 Å². The molecule has 15 aromatic rings. The quantitative estimate of drug-likeness (QED) is 0.142. The first kappa shape index (κ1) is 52.2. The molecule has 0 bridgehead atoms. The van der Waals surface area contributed by atoms with Crippen LogP contribution in [-0.2, 0) is 10.8 Å². The first-order chi connectivity index (χ1) is 44.1. The second-order valence-corrected chi connectivity index (χ2v) is 26.3. The van der Waals surface area contributed by atoms with Gasteiger partial charge in [-0.1, -0.05) is 301 Å². The molecule has 0 amide bonds. The summed E-state index contributed by atoms with van der Waals surface area (Å²) >= 11 is 0. The average Bonchev–Trinajstić information content (AvgIpc) is 1.53. The van der Waals surface area contributed by atoms with Gasteiger partial charge < -0.3 is 0 Å². The van der Waals surface area contributed by atoms with Crippen molar-refractivity contribution >= 4 is 32.3 Å². The fraction of sp³-hybridized carbons (Fsp3) is 0.0667. The Bertz CT molecular complexity index is 5460. The molecule has 0 heteroatoms. The minimum atomic E-state index is -0.167. The van der Waals surface area contributed by atoms with E-state index in [0.717, 1.165) is 0 Å². The van der Waals surface area contributed by atoms with E-state index in [2.05, 4.69) is 331 Å². The Balaban J connectivity index is 0.585. The zero-order valence-corrected chi connectivity index (χ0v) is 50.9. The maximum absolute atomic E-state index is 2.47. The summed E-state index contributed by atoms with van der Waals surface area (Å²) in [7, 11) is 0. The van der Waals surface area contributed by atoms with Crippen LogP contribution in [0.2, 0.25) is 0 Å². The predicted molar refractivity (Wildman–Crippen MR) is 382 cm³/mol. The van der Waals surface area contributed by atoms with Crippen molar-refractivity contribution in [1.82, 2.24) is 0 Å². The summed E-state index contributed by atoms with van der Waals surface area (Å²) in [5.41, 5.74) is 35.7. The highest BCUT2D eigenvalue weighted by Crippen LogP contribution is 2.58. The molecule has 0 fully saturated rings. The summed E-state index contributed by atoms with van der Waals surface area (Å²) in [6, 6.07) is 114. The van der Waals surface area contributed by atoms with Crippen LogP contribution in [0, 0.1) is 0 Å². The molecule has 18 rings (SSSR count). The van der Waals surface area contributed by atoms with E-state index in [1.54, 1.807) is 0 Å². The van der Waals surface area contributed by atoms with Crippen LogP contribution in [0.15, 0.2) is 303 Å². The van der Waals surface area contributed by atoms with Crippen LogP contribution in [-0.4, -0.2) is 0 Å². The second kappa shape index (κ2) is 19.8. The Labute approximate surface area is 526 Å². The molecule has 422 valence electrons.